The zero-order chi connectivity index (χ0) is 14.0. The number of amides is 1. The maximum absolute atomic E-state index is 11.1. The largest absolute Gasteiger partial charge is 0.364 e. The van der Waals surface area contributed by atoms with Gasteiger partial charge < -0.3 is 10.6 Å². The number of anilines is 1. The molecular weight excluding hydrogens is 242 g/mol. The van der Waals surface area contributed by atoms with Crippen molar-refractivity contribution >= 4 is 11.7 Å². The molecule has 1 aromatic heterocycles. The standard InChI is InChI=1S/C13H21N5O/c1-9(2)18-5-4-17(8-10(18)3)12-7-15-6-11(16-12)13(14)19/h6-7,9-10H,4-5,8H2,1-3H3,(H2,14,19)/t10-/m0/s1. The molecule has 1 aromatic rings. The van der Waals surface area contributed by atoms with Crippen molar-refractivity contribution in [3.63, 3.8) is 0 Å². The third-order valence-electron chi connectivity index (χ3n) is 3.54. The molecule has 0 saturated carbocycles. The highest BCUT2D eigenvalue weighted by atomic mass is 16.1. The van der Waals surface area contributed by atoms with E-state index >= 15 is 0 Å². The van der Waals surface area contributed by atoms with Gasteiger partial charge in [0.15, 0.2) is 0 Å². The SMILES string of the molecule is CC(C)N1CCN(c2cncc(C(N)=O)n2)C[C@@H]1C. The van der Waals surface area contributed by atoms with Gasteiger partial charge in [0, 0.05) is 31.7 Å². The van der Waals surface area contributed by atoms with E-state index < -0.39 is 5.91 Å². The molecule has 1 saturated heterocycles. The molecule has 104 valence electrons. The van der Waals surface area contributed by atoms with Crippen molar-refractivity contribution in [1.82, 2.24) is 14.9 Å². The first-order valence-electron chi connectivity index (χ1n) is 6.61. The van der Waals surface area contributed by atoms with Crippen LogP contribution < -0.4 is 10.6 Å². The minimum absolute atomic E-state index is 0.219. The van der Waals surface area contributed by atoms with Crippen molar-refractivity contribution in [1.29, 1.82) is 0 Å². The Morgan fingerprint density at radius 2 is 2.16 bits per heavy atom. The predicted molar refractivity (Wildman–Crippen MR) is 74.1 cm³/mol. The van der Waals surface area contributed by atoms with Crippen LogP contribution in [0, 0.1) is 0 Å². The van der Waals surface area contributed by atoms with E-state index in [2.05, 4.69) is 40.5 Å². The van der Waals surface area contributed by atoms with Crippen molar-refractivity contribution in [2.75, 3.05) is 24.5 Å². The lowest BCUT2D eigenvalue weighted by atomic mass is 10.1. The summed E-state index contributed by atoms with van der Waals surface area (Å²) in [5.74, 6) is 0.190. The highest BCUT2D eigenvalue weighted by Gasteiger charge is 2.26. The summed E-state index contributed by atoms with van der Waals surface area (Å²) in [5.41, 5.74) is 5.45. The molecule has 0 bridgehead atoms. The first-order chi connectivity index (χ1) is 8.99. The fourth-order valence-electron chi connectivity index (χ4n) is 2.57. The Labute approximate surface area is 113 Å². The lowest BCUT2D eigenvalue weighted by molar-refractivity contribution is 0.0995. The van der Waals surface area contributed by atoms with Gasteiger partial charge >= 0.3 is 0 Å². The average molecular weight is 263 g/mol. The molecule has 1 atom stereocenters. The second kappa shape index (κ2) is 5.52. The van der Waals surface area contributed by atoms with Crippen molar-refractivity contribution in [3.05, 3.63) is 18.1 Å². The molecule has 0 radical (unpaired) electrons. The molecule has 1 aliphatic rings. The molecule has 1 amide bonds. The molecule has 2 rings (SSSR count). The molecule has 6 nitrogen and oxygen atoms in total. The number of carbonyl (C=O) groups excluding carboxylic acids is 1. The van der Waals surface area contributed by atoms with Gasteiger partial charge in [0.2, 0.25) is 0 Å². The third-order valence-corrected chi connectivity index (χ3v) is 3.54. The third kappa shape index (κ3) is 3.01. The van der Waals surface area contributed by atoms with Crippen molar-refractivity contribution < 1.29 is 4.79 Å². The molecule has 1 fully saturated rings. The molecule has 6 heteroatoms. The molecule has 0 aliphatic carbocycles. The number of nitrogens with zero attached hydrogens (tertiary/aromatic N) is 4. The number of primary amides is 1. The van der Waals surface area contributed by atoms with Crippen LogP contribution in [0.4, 0.5) is 5.82 Å². The first-order valence-corrected chi connectivity index (χ1v) is 6.61. The summed E-state index contributed by atoms with van der Waals surface area (Å²) in [6.45, 7) is 9.38. The Morgan fingerprint density at radius 1 is 1.42 bits per heavy atom. The Kier molecular flexibility index (Phi) is 3.99. The highest BCUT2D eigenvalue weighted by molar-refractivity contribution is 5.90. The number of piperazine rings is 1. The minimum atomic E-state index is -0.539. The molecule has 0 spiro atoms. The van der Waals surface area contributed by atoms with Gasteiger partial charge in [-0.15, -0.1) is 0 Å². The van der Waals surface area contributed by atoms with Gasteiger partial charge in [-0.3, -0.25) is 14.7 Å². The topological polar surface area (TPSA) is 75.3 Å². The number of rotatable bonds is 3. The van der Waals surface area contributed by atoms with Gasteiger partial charge in [-0.05, 0) is 20.8 Å². The second-order valence-electron chi connectivity index (χ2n) is 5.25. The lowest BCUT2D eigenvalue weighted by Gasteiger charge is -2.42. The Balaban J connectivity index is 2.12. The van der Waals surface area contributed by atoms with Crippen LogP contribution in [0.25, 0.3) is 0 Å². The Morgan fingerprint density at radius 3 is 2.74 bits per heavy atom. The van der Waals surface area contributed by atoms with E-state index in [0.717, 1.165) is 25.5 Å². The van der Waals surface area contributed by atoms with E-state index in [9.17, 15) is 4.79 Å². The number of aromatic nitrogens is 2. The fraction of sp³-hybridized carbons (Fsp3) is 0.615. The maximum atomic E-state index is 11.1. The van der Waals surface area contributed by atoms with Crippen LogP contribution in [0.5, 0.6) is 0 Å². The number of nitrogens with two attached hydrogens (primary N) is 1. The molecule has 0 unspecified atom stereocenters. The van der Waals surface area contributed by atoms with E-state index in [1.165, 1.54) is 6.20 Å². The zero-order valence-corrected chi connectivity index (χ0v) is 11.7. The van der Waals surface area contributed by atoms with E-state index in [1.807, 2.05) is 0 Å². The smallest absolute Gasteiger partial charge is 0.268 e. The summed E-state index contributed by atoms with van der Waals surface area (Å²) < 4.78 is 0. The monoisotopic (exact) mass is 263 g/mol. The molecule has 0 aromatic carbocycles. The fourth-order valence-corrected chi connectivity index (χ4v) is 2.57. The van der Waals surface area contributed by atoms with Crippen LogP contribution in [0.15, 0.2) is 12.4 Å². The van der Waals surface area contributed by atoms with Crippen LogP contribution in [0.3, 0.4) is 0 Å². The van der Waals surface area contributed by atoms with Crippen molar-refractivity contribution in [2.24, 2.45) is 5.73 Å². The molecular formula is C13H21N5O. The molecule has 2 N–H and O–H groups in total. The van der Waals surface area contributed by atoms with Gasteiger partial charge in [0.1, 0.15) is 11.5 Å². The second-order valence-corrected chi connectivity index (χ2v) is 5.25. The predicted octanol–water partition coefficient (Wildman–Crippen LogP) is 0.494. The van der Waals surface area contributed by atoms with Gasteiger partial charge in [-0.1, -0.05) is 0 Å². The van der Waals surface area contributed by atoms with E-state index in [0.29, 0.717) is 12.1 Å². The van der Waals surface area contributed by atoms with Gasteiger partial charge in [0.25, 0.3) is 5.91 Å². The summed E-state index contributed by atoms with van der Waals surface area (Å²) in [6.07, 6.45) is 3.09. The van der Waals surface area contributed by atoms with E-state index in [4.69, 9.17) is 5.73 Å². The first kappa shape index (κ1) is 13.7. The highest BCUT2D eigenvalue weighted by Crippen LogP contribution is 2.18. The lowest BCUT2D eigenvalue weighted by Crippen LogP contribution is -2.54. The quantitative estimate of drug-likeness (QED) is 0.859. The molecule has 2 heterocycles. The number of carbonyl (C=O) groups is 1. The molecule has 1 aliphatic heterocycles. The number of hydrogen-bond donors (Lipinski definition) is 1. The van der Waals surface area contributed by atoms with E-state index in [-0.39, 0.29) is 5.69 Å². The maximum Gasteiger partial charge on any atom is 0.268 e. The number of hydrogen-bond acceptors (Lipinski definition) is 5. The van der Waals surface area contributed by atoms with Crippen LogP contribution in [0.1, 0.15) is 31.3 Å². The van der Waals surface area contributed by atoms with Crippen LogP contribution >= 0.6 is 0 Å². The summed E-state index contributed by atoms with van der Waals surface area (Å²) in [4.78, 5) is 24.1. The Bertz CT molecular complexity index is 462. The van der Waals surface area contributed by atoms with Crippen molar-refractivity contribution in [3.8, 4) is 0 Å². The van der Waals surface area contributed by atoms with Gasteiger partial charge in [-0.25, -0.2) is 4.98 Å². The van der Waals surface area contributed by atoms with Crippen LogP contribution in [-0.4, -0.2) is 52.5 Å². The summed E-state index contributed by atoms with van der Waals surface area (Å²) >= 11 is 0. The van der Waals surface area contributed by atoms with Gasteiger partial charge in [-0.2, -0.15) is 0 Å². The summed E-state index contributed by atoms with van der Waals surface area (Å²) in [5, 5.41) is 0. The van der Waals surface area contributed by atoms with Crippen LogP contribution in [-0.2, 0) is 0 Å². The molecule has 19 heavy (non-hydrogen) atoms. The van der Waals surface area contributed by atoms with Crippen molar-refractivity contribution in [2.45, 2.75) is 32.9 Å². The average Bonchev–Trinajstić information content (AvgIpc) is 2.38. The van der Waals surface area contributed by atoms with E-state index in [1.54, 1.807) is 6.20 Å². The zero-order valence-electron chi connectivity index (χ0n) is 11.7. The summed E-state index contributed by atoms with van der Waals surface area (Å²) in [7, 11) is 0. The normalized spacial score (nSPS) is 20.8. The summed E-state index contributed by atoms with van der Waals surface area (Å²) in [6, 6.07) is 0.993. The Hall–Kier alpha value is -1.69. The minimum Gasteiger partial charge on any atom is -0.364 e. The van der Waals surface area contributed by atoms with Gasteiger partial charge in [0.05, 0.1) is 12.4 Å². The van der Waals surface area contributed by atoms with Crippen LogP contribution in [0.2, 0.25) is 0 Å².